The molecule has 1 N–H and O–H groups in total. The van der Waals surface area contributed by atoms with Gasteiger partial charge in [0.25, 0.3) is 0 Å². The van der Waals surface area contributed by atoms with E-state index >= 15 is 0 Å². The summed E-state index contributed by atoms with van der Waals surface area (Å²) in [4.78, 5) is 13.9. The van der Waals surface area contributed by atoms with E-state index in [0.29, 0.717) is 10.2 Å². The Hall–Kier alpha value is -3.39. The van der Waals surface area contributed by atoms with E-state index in [1.165, 1.54) is 11.8 Å². The number of aromatic nitrogens is 3. The summed E-state index contributed by atoms with van der Waals surface area (Å²) >= 11 is 9.02. The zero-order valence-corrected chi connectivity index (χ0v) is 20.3. The predicted molar refractivity (Wildman–Crippen MR) is 141 cm³/mol. The molecule has 0 saturated heterocycles. The molecule has 0 bridgehead atoms. The zero-order chi connectivity index (χ0) is 23.3. The first-order valence-electron chi connectivity index (χ1n) is 10.5. The summed E-state index contributed by atoms with van der Waals surface area (Å²) in [6, 6.07) is 29.3. The number of carbonyl (C=O) groups excluding carboxylic acids is 1. The molecule has 0 saturated carbocycles. The van der Waals surface area contributed by atoms with Gasteiger partial charge in [0.2, 0.25) is 5.91 Å². The minimum absolute atomic E-state index is 0.114. The molecular formula is C26H19ClN4OS2. The second-order valence-electron chi connectivity index (χ2n) is 7.34. The van der Waals surface area contributed by atoms with Crippen molar-refractivity contribution in [3.63, 3.8) is 0 Å². The molecule has 168 valence electrons. The number of amides is 1. The van der Waals surface area contributed by atoms with Crippen LogP contribution in [0.3, 0.4) is 0 Å². The summed E-state index contributed by atoms with van der Waals surface area (Å²) in [6.45, 7) is 0. The lowest BCUT2D eigenvalue weighted by Gasteiger charge is -2.12. The third kappa shape index (κ3) is 4.92. The fourth-order valence-electron chi connectivity index (χ4n) is 3.53. The highest BCUT2D eigenvalue weighted by Crippen LogP contribution is 2.32. The van der Waals surface area contributed by atoms with Crippen molar-refractivity contribution in [3.8, 4) is 27.5 Å². The molecule has 5 nitrogen and oxygen atoms in total. The molecular weight excluding hydrogens is 484 g/mol. The van der Waals surface area contributed by atoms with Crippen LogP contribution in [0.4, 0.5) is 5.69 Å². The van der Waals surface area contributed by atoms with E-state index in [4.69, 9.17) is 11.6 Å². The largest absolute Gasteiger partial charge is 0.325 e. The third-order valence-electron chi connectivity index (χ3n) is 5.08. The quantitative estimate of drug-likeness (QED) is 0.242. The van der Waals surface area contributed by atoms with E-state index < -0.39 is 0 Å². The highest BCUT2D eigenvalue weighted by Gasteiger charge is 2.18. The SMILES string of the molecule is O=C(CSc1nnc(-c2cccs2)n1-c1ccc(Cl)cc1)Nc1ccccc1-c1ccccc1. The maximum atomic E-state index is 12.9. The number of halogens is 1. The number of benzene rings is 3. The summed E-state index contributed by atoms with van der Waals surface area (Å²) in [5.74, 6) is 0.811. The minimum atomic E-state index is -0.114. The first kappa shape index (κ1) is 22.4. The Bertz CT molecular complexity index is 1400. The molecule has 0 radical (unpaired) electrons. The summed E-state index contributed by atoms with van der Waals surface area (Å²) in [6.07, 6.45) is 0. The van der Waals surface area contributed by atoms with E-state index in [1.54, 1.807) is 11.3 Å². The first-order valence-corrected chi connectivity index (χ1v) is 12.8. The number of nitrogens with zero attached hydrogens (tertiary/aromatic N) is 3. The van der Waals surface area contributed by atoms with Crippen molar-refractivity contribution in [1.29, 1.82) is 0 Å². The average Bonchev–Trinajstić information content (AvgIpc) is 3.54. The first-order chi connectivity index (χ1) is 16.7. The number of hydrogen-bond acceptors (Lipinski definition) is 5. The van der Waals surface area contributed by atoms with Crippen LogP contribution < -0.4 is 5.32 Å². The number of rotatable bonds is 7. The Morgan fingerprint density at radius 3 is 2.44 bits per heavy atom. The lowest BCUT2D eigenvalue weighted by atomic mass is 10.0. The van der Waals surface area contributed by atoms with Gasteiger partial charge in [0.1, 0.15) is 0 Å². The van der Waals surface area contributed by atoms with Crippen molar-refractivity contribution in [3.05, 3.63) is 101 Å². The molecule has 2 heterocycles. The van der Waals surface area contributed by atoms with Crippen molar-refractivity contribution in [2.24, 2.45) is 0 Å². The molecule has 0 aliphatic heterocycles. The van der Waals surface area contributed by atoms with Gasteiger partial charge in [0.15, 0.2) is 11.0 Å². The Morgan fingerprint density at radius 1 is 0.912 bits per heavy atom. The molecule has 0 aliphatic carbocycles. The van der Waals surface area contributed by atoms with Crippen LogP contribution in [-0.2, 0) is 4.79 Å². The monoisotopic (exact) mass is 502 g/mol. The standard InChI is InChI=1S/C26H19ClN4OS2/c27-19-12-14-20(15-13-19)31-25(23-11-6-16-33-23)29-30-26(31)34-17-24(32)28-22-10-5-4-9-21(22)18-7-2-1-3-8-18/h1-16H,17H2,(H,28,32). The van der Waals surface area contributed by atoms with Crippen LogP contribution in [0.5, 0.6) is 0 Å². The van der Waals surface area contributed by atoms with E-state index in [-0.39, 0.29) is 11.7 Å². The molecule has 34 heavy (non-hydrogen) atoms. The molecule has 0 unspecified atom stereocenters. The Balaban J connectivity index is 1.37. The molecule has 1 amide bonds. The summed E-state index contributed by atoms with van der Waals surface area (Å²) in [7, 11) is 0. The summed E-state index contributed by atoms with van der Waals surface area (Å²) < 4.78 is 1.96. The predicted octanol–water partition coefficient (Wildman–Crippen LogP) is 7.05. The van der Waals surface area contributed by atoms with E-state index in [0.717, 1.165) is 33.2 Å². The van der Waals surface area contributed by atoms with Gasteiger partial charge in [-0.05, 0) is 47.3 Å². The number of anilines is 1. The molecule has 0 atom stereocenters. The topological polar surface area (TPSA) is 59.8 Å². The van der Waals surface area contributed by atoms with Crippen LogP contribution in [0.1, 0.15) is 0 Å². The van der Waals surface area contributed by atoms with Crippen molar-refractivity contribution in [2.75, 3.05) is 11.1 Å². The Morgan fingerprint density at radius 2 is 1.68 bits per heavy atom. The van der Waals surface area contributed by atoms with Crippen molar-refractivity contribution >= 4 is 46.3 Å². The van der Waals surface area contributed by atoms with Gasteiger partial charge in [-0.1, -0.05) is 78.0 Å². The van der Waals surface area contributed by atoms with E-state index in [9.17, 15) is 4.79 Å². The normalized spacial score (nSPS) is 10.9. The van der Waals surface area contributed by atoms with Gasteiger partial charge in [0.05, 0.1) is 10.6 Å². The van der Waals surface area contributed by atoms with Gasteiger partial charge in [0, 0.05) is 22.0 Å². The number of thiophene rings is 1. The van der Waals surface area contributed by atoms with Gasteiger partial charge >= 0.3 is 0 Å². The van der Waals surface area contributed by atoms with Gasteiger partial charge in [-0.25, -0.2) is 0 Å². The number of hydrogen-bond donors (Lipinski definition) is 1. The van der Waals surface area contributed by atoms with Crippen LogP contribution in [-0.4, -0.2) is 26.4 Å². The fraction of sp³-hybridized carbons (Fsp3) is 0.0385. The van der Waals surface area contributed by atoms with Crippen molar-refractivity contribution in [1.82, 2.24) is 14.8 Å². The summed E-state index contributed by atoms with van der Waals surface area (Å²) in [5.41, 5.74) is 3.69. The van der Waals surface area contributed by atoms with Gasteiger partial charge in [-0.15, -0.1) is 21.5 Å². The van der Waals surface area contributed by atoms with Crippen LogP contribution in [0.25, 0.3) is 27.5 Å². The van der Waals surface area contributed by atoms with Crippen molar-refractivity contribution < 1.29 is 4.79 Å². The molecule has 5 rings (SSSR count). The fourth-order valence-corrected chi connectivity index (χ4v) is 5.11. The van der Waals surface area contributed by atoms with Gasteiger partial charge in [-0.3, -0.25) is 9.36 Å². The highest BCUT2D eigenvalue weighted by molar-refractivity contribution is 7.99. The molecule has 0 spiro atoms. The Kier molecular flexibility index (Phi) is 6.76. The number of para-hydroxylation sites is 1. The number of thioether (sulfide) groups is 1. The molecule has 5 aromatic rings. The highest BCUT2D eigenvalue weighted by atomic mass is 35.5. The average molecular weight is 503 g/mol. The zero-order valence-electron chi connectivity index (χ0n) is 17.9. The molecule has 3 aromatic carbocycles. The maximum Gasteiger partial charge on any atom is 0.234 e. The van der Waals surface area contributed by atoms with Crippen LogP contribution in [0, 0.1) is 0 Å². The second-order valence-corrected chi connectivity index (χ2v) is 9.67. The van der Waals surface area contributed by atoms with E-state index in [2.05, 4.69) is 15.5 Å². The van der Waals surface area contributed by atoms with Gasteiger partial charge < -0.3 is 5.32 Å². The number of nitrogens with one attached hydrogen (secondary N) is 1. The lowest BCUT2D eigenvalue weighted by Crippen LogP contribution is -2.15. The van der Waals surface area contributed by atoms with Crippen LogP contribution in [0.15, 0.2) is 102 Å². The molecule has 2 aromatic heterocycles. The van der Waals surface area contributed by atoms with Gasteiger partial charge in [-0.2, -0.15) is 0 Å². The van der Waals surface area contributed by atoms with Crippen LogP contribution in [0.2, 0.25) is 5.02 Å². The molecule has 0 fully saturated rings. The van der Waals surface area contributed by atoms with Crippen LogP contribution >= 0.6 is 34.7 Å². The molecule has 8 heteroatoms. The Labute approximate surface area is 210 Å². The molecule has 0 aliphatic rings. The lowest BCUT2D eigenvalue weighted by molar-refractivity contribution is -0.113. The van der Waals surface area contributed by atoms with E-state index in [1.807, 2.05) is 101 Å². The smallest absolute Gasteiger partial charge is 0.234 e. The third-order valence-corrected chi connectivity index (χ3v) is 7.12. The maximum absolute atomic E-state index is 12.9. The minimum Gasteiger partial charge on any atom is -0.325 e. The van der Waals surface area contributed by atoms with Crippen molar-refractivity contribution in [2.45, 2.75) is 5.16 Å². The number of carbonyl (C=O) groups is 1. The second kappa shape index (κ2) is 10.3. The summed E-state index contributed by atoms with van der Waals surface area (Å²) in [5, 5.41) is 15.1.